The van der Waals surface area contributed by atoms with Crippen LogP contribution in [-0.4, -0.2) is 15.0 Å². The molecule has 0 radical (unpaired) electrons. The zero-order valence-electron chi connectivity index (χ0n) is 9.19. The zero-order chi connectivity index (χ0) is 15.0. The van der Waals surface area contributed by atoms with E-state index < -0.39 is 52.0 Å². The summed E-state index contributed by atoms with van der Waals surface area (Å²) in [5, 5.41) is 1.38. The Labute approximate surface area is 112 Å². The van der Waals surface area contributed by atoms with Crippen LogP contribution < -0.4 is 11.1 Å². The maximum atomic E-state index is 13.4. The van der Waals surface area contributed by atoms with Crippen LogP contribution in [-0.2, 0) is 0 Å². The second kappa shape index (κ2) is 5.04. The average molecular weight is 312 g/mol. The molecule has 1 aromatic heterocycles. The normalized spacial score (nSPS) is 10.7. The van der Waals surface area contributed by atoms with Crippen molar-refractivity contribution in [2.75, 3.05) is 11.1 Å². The minimum Gasteiger partial charge on any atom is -0.368 e. The largest absolute Gasteiger partial charge is 0.368 e. The lowest BCUT2D eigenvalue weighted by Crippen LogP contribution is -2.09. The molecule has 2 aromatic rings. The quantitative estimate of drug-likeness (QED) is 0.506. The van der Waals surface area contributed by atoms with Gasteiger partial charge in [-0.3, -0.25) is 0 Å². The molecule has 20 heavy (non-hydrogen) atoms. The Kier molecular flexibility index (Phi) is 3.57. The van der Waals surface area contributed by atoms with E-state index in [-0.39, 0.29) is 0 Å². The van der Waals surface area contributed by atoms with Gasteiger partial charge in [-0.05, 0) is 11.6 Å². The lowest BCUT2D eigenvalue weighted by molar-refractivity contribution is 0.382. The van der Waals surface area contributed by atoms with E-state index in [9.17, 15) is 22.0 Å². The van der Waals surface area contributed by atoms with Gasteiger partial charge in [0, 0.05) is 0 Å². The van der Waals surface area contributed by atoms with Crippen molar-refractivity contribution >= 4 is 29.2 Å². The molecule has 106 valence electrons. The summed E-state index contributed by atoms with van der Waals surface area (Å²) in [6.45, 7) is 0. The van der Waals surface area contributed by atoms with Crippen molar-refractivity contribution in [1.82, 2.24) is 15.0 Å². The first kappa shape index (κ1) is 14.2. The number of rotatable bonds is 2. The van der Waals surface area contributed by atoms with E-state index in [0.29, 0.717) is 0 Å². The van der Waals surface area contributed by atoms with Gasteiger partial charge in [0.25, 0.3) is 0 Å². The third-order valence-corrected chi connectivity index (χ3v) is 2.24. The van der Waals surface area contributed by atoms with Crippen LogP contribution in [0.4, 0.5) is 39.5 Å². The standard InChI is InChI=1S/C9H3ClF5N5/c10-7-18-8(16)20-9(19-7)17-6-4(14)2(12)1(11)3(13)5(6)15/h(H3,16,17,18,19,20). The van der Waals surface area contributed by atoms with Crippen LogP contribution in [0, 0.1) is 29.1 Å². The lowest BCUT2D eigenvalue weighted by atomic mass is 10.2. The first-order valence-corrected chi connectivity index (χ1v) is 5.14. The van der Waals surface area contributed by atoms with Gasteiger partial charge in [-0.25, -0.2) is 22.0 Å². The molecule has 3 N–H and O–H groups in total. The van der Waals surface area contributed by atoms with Crippen molar-refractivity contribution in [2.45, 2.75) is 0 Å². The molecule has 0 saturated carbocycles. The van der Waals surface area contributed by atoms with Gasteiger partial charge < -0.3 is 11.1 Å². The average Bonchev–Trinajstić information content (AvgIpc) is 2.38. The smallest absolute Gasteiger partial charge is 0.233 e. The van der Waals surface area contributed by atoms with E-state index in [0.717, 1.165) is 0 Å². The first-order valence-electron chi connectivity index (χ1n) is 4.76. The van der Waals surface area contributed by atoms with Gasteiger partial charge in [-0.1, -0.05) is 0 Å². The van der Waals surface area contributed by atoms with Crippen molar-refractivity contribution < 1.29 is 22.0 Å². The predicted molar refractivity (Wildman–Crippen MR) is 58.8 cm³/mol. The van der Waals surface area contributed by atoms with Crippen LogP contribution in [0.25, 0.3) is 0 Å². The zero-order valence-corrected chi connectivity index (χ0v) is 9.94. The summed E-state index contributed by atoms with van der Waals surface area (Å²) in [6, 6.07) is 0. The predicted octanol–water partition coefficient (Wildman–Crippen LogP) is 2.55. The van der Waals surface area contributed by atoms with Gasteiger partial charge in [0.15, 0.2) is 23.3 Å². The Morgan fingerprint density at radius 2 is 1.30 bits per heavy atom. The highest BCUT2D eigenvalue weighted by atomic mass is 35.5. The minimum atomic E-state index is -2.28. The van der Waals surface area contributed by atoms with Crippen LogP contribution in [0.5, 0.6) is 0 Å². The van der Waals surface area contributed by atoms with Crippen molar-refractivity contribution in [3.8, 4) is 0 Å². The van der Waals surface area contributed by atoms with Gasteiger partial charge in [0.05, 0.1) is 0 Å². The molecule has 0 aliphatic carbocycles. The molecule has 1 heterocycles. The summed E-state index contributed by atoms with van der Waals surface area (Å²) in [5.74, 6) is -11.6. The molecular weight excluding hydrogens is 309 g/mol. The van der Waals surface area contributed by atoms with Gasteiger partial charge in [0.1, 0.15) is 5.69 Å². The summed E-state index contributed by atoms with van der Waals surface area (Å²) in [6.07, 6.45) is 0. The second-order valence-corrected chi connectivity index (χ2v) is 3.69. The minimum absolute atomic E-state index is 0.406. The molecule has 0 bridgehead atoms. The van der Waals surface area contributed by atoms with Crippen LogP contribution in [0.1, 0.15) is 0 Å². The number of aromatic nitrogens is 3. The fraction of sp³-hybridized carbons (Fsp3) is 0. The summed E-state index contributed by atoms with van der Waals surface area (Å²) in [7, 11) is 0. The summed E-state index contributed by atoms with van der Waals surface area (Å²) >= 11 is 5.41. The van der Waals surface area contributed by atoms with Crippen LogP contribution >= 0.6 is 11.6 Å². The number of nitrogens with two attached hydrogens (primary N) is 1. The highest BCUT2D eigenvalue weighted by molar-refractivity contribution is 6.28. The summed E-state index contributed by atoms with van der Waals surface area (Å²) in [4.78, 5) is 10.1. The molecule has 0 unspecified atom stereocenters. The molecule has 11 heteroatoms. The van der Waals surface area contributed by atoms with Crippen molar-refractivity contribution in [2.24, 2.45) is 0 Å². The molecule has 0 atom stereocenters. The lowest BCUT2D eigenvalue weighted by Gasteiger charge is -2.09. The molecule has 2 rings (SSSR count). The number of nitrogens with zero attached hydrogens (tertiary/aromatic N) is 3. The maximum absolute atomic E-state index is 13.4. The maximum Gasteiger partial charge on any atom is 0.233 e. The van der Waals surface area contributed by atoms with E-state index in [1.54, 1.807) is 0 Å². The topological polar surface area (TPSA) is 76.7 Å². The molecular formula is C9H3ClF5N5. The van der Waals surface area contributed by atoms with E-state index in [1.165, 1.54) is 0 Å². The fourth-order valence-electron chi connectivity index (χ4n) is 1.25. The Balaban J connectivity index is 2.54. The number of halogens is 6. The van der Waals surface area contributed by atoms with Gasteiger partial charge in [-0.2, -0.15) is 15.0 Å². The van der Waals surface area contributed by atoms with E-state index in [4.69, 9.17) is 17.3 Å². The number of hydrogen-bond donors (Lipinski definition) is 2. The molecule has 0 spiro atoms. The molecule has 0 fully saturated rings. The number of benzene rings is 1. The van der Waals surface area contributed by atoms with Gasteiger partial charge in [-0.15, -0.1) is 0 Å². The number of nitrogens with one attached hydrogen (secondary N) is 1. The molecule has 0 aliphatic rings. The first-order chi connectivity index (χ1) is 9.31. The Bertz CT molecular complexity index is 646. The third-order valence-electron chi connectivity index (χ3n) is 2.07. The van der Waals surface area contributed by atoms with E-state index in [1.807, 2.05) is 5.32 Å². The van der Waals surface area contributed by atoms with Crippen molar-refractivity contribution in [3.63, 3.8) is 0 Å². The van der Waals surface area contributed by atoms with Crippen LogP contribution in [0.2, 0.25) is 5.28 Å². The second-order valence-electron chi connectivity index (χ2n) is 3.36. The Hall–Kier alpha value is -2.23. The molecule has 5 nitrogen and oxygen atoms in total. The Morgan fingerprint density at radius 3 is 1.80 bits per heavy atom. The van der Waals surface area contributed by atoms with Crippen molar-refractivity contribution in [1.29, 1.82) is 0 Å². The molecule has 0 amide bonds. The summed E-state index contributed by atoms with van der Waals surface area (Å²) in [5.41, 5.74) is 3.86. The third kappa shape index (κ3) is 2.41. The van der Waals surface area contributed by atoms with Crippen LogP contribution in [0.3, 0.4) is 0 Å². The van der Waals surface area contributed by atoms with Crippen LogP contribution in [0.15, 0.2) is 0 Å². The monoisotopic (exact) mass is 311 g/mol. The Morgan fingerprint density at radius 1 is 0.800 bits per heavy atom. The number of anilines is 3. The highest BCUT2D eigenvalue weighted by Gasteiger charge is 2.26. The fourth-order valence-corrected chi connectivity index (χ4v) is 1.41. The molecule has 0 aliphatic heterocycles. The molecule has 0 saturated heterocycles. The highest BCUT2D eigenvalue weighted by Crippen LogP contribution is 2.28. The van der Waals surface area contributed by atoms with Gasteiger partial charge in [0.2, 0.25) is 23.0 Å². The number of nitrogen functional groups attached to an aromatic ring is 1. The molecule has 1 aromatic carbocycles. The van der Waals surface area contributed by atoms with E-state index in [2.05, 4.69) is 15.0 Å². The number of hydrogen-bond acceptors (Lipinski definition) is 5. The SMILES string of the molecule is Nc1nc(Cl)nc(Nc2c(F)c(F)c(F)c(F)c2F)n1. The van der Waals surface area contributed by atoms with Crippen molar-refractivity contribution in [3.05, 3.63) is 34.4 Å². The van der Waals surface area contributed by atoms with Gasteiger partial charge >= 0.3 is 0 Å². The summed E-state index contributed by atoms with van der Waals surface area (Å²) < 4.78 is 65.5. The van der Waals surface area contributed by atoms with E-state index >= 15 is 0 Å².